The summed E-state index contributed by atoms with van der Waals surface area (Å²) < 4.78 is 11.4. The SMILES string of the molecule is CC(C)CNCc1ccccc1CN1CCS(=O)CC1. The molecule has 1 N–H and O–H groups in total. The predicted octanol–water partition coefficient (Wildman–Crippen LogP) is 2.00. The molecule has 0 bridgehead atoms. The highest BCUT2D eigenvalue weighted by Crippen LogP contribution is 2.13. The quantitative estimate of drug-likeness (QED) is 0.871. The van der Waals surface area contributed by atoms with Crippen molar-refractivity contribution in [2.75, 3.05) is 31.1 Å². The second-order valence-electron chi connectivity index (χ2n) is 5.92. The van der Waals surface area contributed by atoms with Crippen molar-refractivity contribution in [1.29, 1.82) is 0 Å². The second-order valence-corrected chi connectivity index (χ2v) is 7.61. The van der Waals surface area contributed by atoms with Crippen LogP contribution < -0.4 is 5.32 Å². The number of nitrogens with zero attached hydrogens (tertiary/aromatic N) is 1. The number of benzene rings is 1. The van der Waals surface area contributed by atoms with Gasteiger partial charge < -0.3 is 5.32 Å². The first-order valence-electron chi connectivity index (χ1n) is 7.50. The monoisotopic (exact) mass is 294 g/mol. The van der Waals surface area contributed by atoms with Crippen LogP contribution in [0, 0.1) is 5.92 Å². The third kappa shape index (κ3) is 5.00. The van der Waals surface area contributed by atoms with Crippen LogP contribution in [0.5, 0.6) is 0 Å². The van der Waals surface area contributed by atoms with Crippen LogP contribution in [0.1, 0.15) is 25.0 Å². The molecule has 1 fully saturated rings. The predicted molar refractivity (Wildman–Crippen MR) is 86.1 cm³/mol. The molecule has 1 saturated heterocycles. The highest BCUT2D eigenvalue weighted by Gasteiger charge is 2.16. The van der Waals surface area contributed by atoms with Gasteiger partial charge in [0.15, 0.2) is 0 Å². The van der Waals surface area contributed by atoms with Gasteiger partial charge in [0, 0.05) is 48.5 Å². The molecule has 1 aliphatic rings. The lowest BCUT2D eigenvalue weighted by Crippen LogP contribution is -2.37. The molecule has 112 valence electrons. The Morgan fingerprint density at radius 2 is 1.85 bits per heavy atom. The molecule has 0 amide bonds. The molecule has 3 nitrogen and oxygen atoms in total. The molecule has 0 aliphatic carbocycles. The van der Waals surface area contributed by atoms with E-state index in [4.69, 9.17) is 0 Å². The van der Waals surface area contributed by atoms with Crippen molar-refractivity contribution in [3.8, 4) is 0 Å². The number of hydrogen-bond acceptors (Lipinski definition) is 3. The summed E-state index contributed by atoms with van der Waals surface area (Å²) in [6.07, 6.45) is 0. The third-order valence-electron chi connectivity index (χ3n) is 3.65. The first kappa shape index (κ1) is 15.7. The molecule has 1 aromatic carbocycles. The van der Waals surface area contributed by atoms with Crippen LogP contribution >= 0.6 is 0 Å². The lowest BCUT2D eigenvalue weighted by atomic mass is 10.1. The van der Waals surface area contributed by atoms with Crippen LogP contribution in [0.3, 0.4) is 0 Å². The van der Waals surface area contributed by atoms with Crippen LogP contribution in [0.2, 0.25) is 0 Å². The molecule has 2 rings (SSSR count). The summed E-state index contributed by atoms with van der Waals surface area (Å²) in [7, 11) is -0.588. The van der Waals surface area contributed by atoms with Gasteiger partial charge >= 0.3 is 0 Å². The van der Waals surface area contributed by atoms with E-state index in [1.54, 1.807) is 0 Å². The van der Waals surface area contributed by atoms with E-state index in [1.165, 1.54) is 11.1 Å². The Labute approximate surface area is 125 Å². The van der Waals surface area contributed by atoms with Crippen LogP contribution in [-0.2, 0) is 23.9 Å². The normalized spacial score (nSPS) is 17.8. The first-order valence-corrected chi connectivity index (χ1v) is 8.99. The summed E-state index contributed by atoms with van der Waals surface area (Å²) in [4.78, 5) is 2.42. The van der Waals surface area contributed by atoms with Gasteiger partial charge in [0.25, 0.3) is 0 Å². The van der Waals surface area contributed by atoms with E-state index >= 15 is 0 Å². The fourth-order valence-electron chi connectivity index (χ4n) is 2.45. The summed E-state index contributed by atoms with van der Waals surface area (Å²) in [5.41, 5.74) is 2.79. The van der Waals surface area contributed by atoms with E-state index in [2.05, 4.69) is 48.3 Å². The lowest BCUT2D eigenvalue weighted by Gasteiger charge is -2.27. The molecule has 0 aromatic heterocycles. The van der Waals surface area contributed by atoms with Gasteiger partial charge in [-0.2, -0.15) is 0 Å². The Morgan fingerprint density at radius 3 is 2.50 bits per heavy atom. The van der Waals surface area contributed by atoms with E-state index in [0.29, 0.717) is 5.92 Å². The molecule has 0 radical (unpaired) electrons. The van der Waals surface area contributed by atoms with E-state index in [0.717, 1.165) is 44.2 Å². The Balaban J connectivity index is 1.91. The van der Waals surface area contributed by atoms with Gasteiger partial charge in [-0.05, 0) is 23.6 Å². The third-order valence-corrected chi connectivity index (χ3v) is 4.93. The van der Waals surface area contributed by atoms with Crippen molar-refractivity contribution in [2.45, 2.75) is 26.9 Å². The molecule has 0 unspecified atom stereocenters. The zero-order valence-electron chi connectivity index (χ0n) is 12.6. The molecular formula is C16H26N2OS. The molecular weight excluding hydrogens is 268 g/mol. The average molecular weight is 294 g/mol. The smallest absolute Gasteiger partial charge is 0.0363 e. The van der Waals surface area contributed by atoms with Crippen molar-refractivity contribution < 1.29 is 4.21 Å². The summed E-state index contributed by atoms with van der Waals surface area (Å²) >= 11 is 0. The first-order chi connectivity index (χ1) is 9.65. The molecule has 0 saturated carbocycles. The van der Waals surface area contributed by atoms with Crippen molar-refractivity contribution in [3.05, 3.63) is 35.4 Å². The number of hydrogen-bond donors (Lipinski definition) is 1. The summed E-state index contributed by atoms with van der Waals surface area (Å²) in [5, 5.41) is 3.52. The minimum atomic E-state index is -0.588. The fraction of sp³-hybridized carbons (Fsp3) is 0.625. The van der Waals surface area contributed by atoms with Gasteiger partial charge in [0.05, 0.1) is 0 Å². The Morgan fingerprint density at radius 1 is 1.20 bits per heavy atom. The zero-order valence-corrected chi connectivity index (χ0v) is 13.4. The highest BCUT2D eigenvalue weighted by atomic mass is 32.2. The van der Waals surface area contributed by atoms with Crippen LogP contribution in [0.15, 0.2) is 24.3 Å². The van der Waals surface area contributed by atoms with E-state index < -0.39 is 10.8 Å². The largest absolute Gasteiger partial charge is 0.312 e. The maximum atomic E-state index is 11.4. The van der Waals surface area contributed by atoms with E-state index in [-0.39, 0.29) is 0 Å². The topological polar surface area (TPSA) is 32.3 Å². The van der Waals surface area contributed by atoms with Gasteiger partial charge in [-0.3, -0.25) is 9.11 Å². The number of rotatable bonds is 6. The Bertz CT molecular complexity index is 438. The molecule has 1 aromatic rings. The Hall–Kier alpha value is -0.710. The van der Waals surface area contributed by atoms with Crippen molar-refractivity contribution in [1.82, 2.24) is 10.2 Å². The molecule has 0 spiro atoms. The number of nitrogens with one attached hydrogen (secondary N) is 1. The van der Waals surface area contributed by atoms with E-state index in [9.17, 15) is 4.21 Å². The summed E-state index contributed by atoms with van der Waals surface area (Å²) in [5.74, 6) is 2.33. The molecule has 4 heteroatoms. The molecule has 1 aliphatic heterocycles. The zero-order chi connectivity index (χ0) is 14.4. The van der Waals surface area contributed by atoms with Crippen LogP contribution in [0.4, 0.5) is 0 Å². The van der Waals surface area contributed by atoms with E-state index in [1.807, 2.05) is 0 Å². The maximum Gasteiger partial charge on any atom is 0.0363 e. The molecule has 1 heterocycles. The minimum Gasteiger partial charge on any atom is -0.312 e. The van der Waals surface area contributed by atoms with Gasteiger partial charge in [0.1, 0.15) is 0 Å². The summed E-state index contributed by atoms with van der Waals surface area (Å²) in [6.45, 7) is 9.35. The fourth-order valence-corrected chi connectivity index (χ4v) is 3.58. The van der Waals surface area contributed by atoms with Gasteiger partial charge in [0.2, 0.25) is 0 Å². The molecule has 0 atom stereocenters. The van der Waals surface area contributed by atoms with Gasteiger partial charge in [-0.15, -0.1) is 0 Å². The Kier molecular flexibility index (Phi) is 6.20. The second kappa shape index (κ2) is 7.91. The summed E-state index contributed by atoms with van der Waals surface area (Å²) in [6, 6.07) is 8.66. The van der Waals surface area contributed by atoms with Crippen molar-refractivity contribution >= 4 is 10.8 Å². The van der Waals surface area contributed by atoms with Crippen LogP contribution in [-0.4, -0.2) is 40.2 Å². The van der Waals surface area contributed by atoms with Crippen molar-refractivity contribution in [3.63, 3.8) is 0 Å². The maximum absolute atomic E-state index is 11.4. The van der Waals surface area contributed by atoms with Crippen LogP contribution in [0.25, 0.3) is 0 Å². The lowest BCUT2D eigenvalue weighted by molar-refractivity contribution is 0.290. The van der Waals surface area contributed by atoms with Crippen molar-refractivity contribution in [2.24, 2.45) is 5.92 Å². The van der Waals surface area contributed by atoms with Gasteiger partial charge in [-0.1, -0.05) is 38.1 Å². The highest BCUT2D eigenvalue weighted by molar-refractivity contribution is 7.85. The van der Waals surface area contributed by atoms with Gasteiger partial charge in [-0.25, -0.2) is 0 Å². The molecule has 20 heavy (non-hydrogen) atoms. The standard InChI is InChI=1S/C16H26N2OS/c1-14(2)11-17-12-15-5-3-4-6-16(15)13-18-7-9-20(19)10-8-18/h3-6,14,17H,7-13H2,1-2H3. The average Bonchev–Trinajstić information content (AvgIpc) is 2.43. The minimum absolute atomic E-state index is 0.588.